The van der Waals surface area contributed by atoms with E-state index in [1.54, 1.807) is 30.3 Å². The average Bonchev–Trinajstić information content (AvgIpc) is 2.82. The molecule has 2 rings (SSSR count). The molecule has 1 heterocycles. The van der Waals surface area contributed by atoms with Gasteiger partial charge in [0.15, 0.2) is 5.76 Å². The summed E-state index contributed by atoms with van der Waals surface area (Å²) < 4.78 is 4.98. The molecule has 1 N–H and O–H groups in total. The normalized spacial score (nSPS) is 9.78. The van der Waals surface area contributed by atoms with E-state index in [4.69, 9.17) is 9.78 Å². The number of nitrogens with zero attached hydrogens (tertiary/aromatic N) is 2. The average molecular weight is 241 g/mol. The summed E-state index contributed by atoms with van der Waals surface area (Å²) in [6.45, 7) is 2.11. The molecule has 0 atom stereocenters. The van der Waals surface area contributed by atoms with Crippen molar-refractivity contribution in [2.24, 2.45) is 0 Å². The molecule has 0 radical (unpaired) electrons. The molecular formula is C13H11N3O2. The third-order valence-electron chi connectivity index (χ3n) is 2.38. The Hall–Kier alpha value is -2.61. The van der Waals surface area contributed by atoms with Crippen LogP contribution in [0.15, 0.2) is 34.9 Å². The van der Waals surface area contributed by atoms with Gasteiger partial charge in [-0.1, -0.05) is 5.16 Å². The van der Waals surface area contributed by atoms with Gasteiger partial charge in [-0.2, -0.15) is 5.26 Å². The summed E-state index contributed by atoms with van der Waals surface area (Å²) >= 11 is 0. The van der Waals surface area contributed by atoms with E-state index < -0.39 is 0 Å². The van der Waals surface area contributed by atoms with Gasteiger partial charge in [0, 0.05) is 11.6 Å². The van der Waals surface area contributed by atoms with Crippen molar-refractivity contribution in [1.82, 2.24) is 10.5 Å². The monoisotopic (exact) mass is 241 g/mol. The van der Waals surface area contributed by atoms with Crippen molar-refractivity contribution >= 4 is 5.91 Å². The lowest BCUT2D eigenvalue weighted by molar-refractivity contribution is 0.0947. The highest BCUT2D eigenvalue weighted by molar-refractivity contribution is 5.94. The van der Waals surface area contributed by atoms with Gasteiger partial charge in [-0.3, -0.25) is 4.79 Å². The molecule has 0 spiro atoms. The minimum absolute atomic E-state index is 0.214. The zero-order valence-electron chi connectivity index (χ0n) is 9.80. The summed E-state index contributed by atoms with van der Waals surface area (Å²) in [5, 5.41) is 15.1. The van der Waals surface area contributed by atoms with Crippen LogP contribution in [-0.2, 0) is 6.54 Å². The Morgan fingerprint density at radius 2 is 2.17 bits per heavy atom. The smallest absolute Gasteiger partial charge is 0.251 e. The van der Waals surface area contributed by atoms with Crippen LogP contribution in [-0.4, -0.2) is 11.1 Å². The molecule has 1 aromatic heterocycles. The highest BCUT2D eigenvalue weighted by atomic mass is 16.5. The lowest BCUT2D eigenvalue weighted by Crippen LogP contribution is -2.22. The second-order valence-electron chi connectivity index (χ2n) is 3.81. The second kappa shape index (κ2) is 5.15. The standard InChI is InChI=1S/C13H11N3O2/c1-9-6-12(18-16-9)8-15-13(17)11-4-2-10(7-14)3-5-11/h2-6H,8H2,1H3,(H,15,17). The fraction of sp³-hybridized carbons (Fsp3) is 0.154. The molecule has 90 valence electrons. The van der Waals surface area contributed by atoms with Gasteiger partial charge in [-0.15, -0.1) is 0 Å². The molecular weight excluding hydrogens is 230 g/mol. The molecule has 0 saturated heterocycles. The molecule has 0 unspecified atom stereocenters. The number of nitrogens with one attached hydrogen (secondary N) is 1. The Balaban J connectivity index is 1.97. The molecule has 2 aromatic rings. The number of aromatic nitrogens is 1. The molecule has 0 aliphatic heterocycles. The van der Waals surface area contributed by atoms with Gasteiger partial charge < -0.3 is 9.84 Å². The number of nitriles is 1. The van der Waals surface area contributed by atoms with E-state index in [1.807, 2.05) is 13.0 Å². The minimum Gasteiger partial charge on any atom is -0.359 e. The second-order valence-corrected chi connectivity index (χ2v) is 3.81. The van der Waals surface area contributed by atoms with E-state index in [9.17, 15) is 4.79 Å². The van der Waals surface area contributed by atoms with Gasteiger partial charge in [0.1, 0.15) is 0 Å². The molecule has 5 nitrogen and oxygen atoms in total. The lowest BCUT2D eigenvalue weighted by Gasteiger charge is -2.02. The fourth-order valence-corrected chi connectivity index (χ4v) is 1.47. The van der Waals surface area contributed by atoms with Crippen molar-refractivity contribution < 1.29 is 9.32 Å². The predicted octanol–water partition coefficient (Wildman–Crippen LogP) is 1.78. The number of benzene rings is 1. The van der Waals surface area contributed by atoms with E-state index in [-0.39, 0.29) is 5.91 Å². The summed E-state index contributed by atoms with van der Waals surface area (Å²) in [5.41, 5.74) is 1.81. The number of aryl methyl sites for hydroxylation is 1. The molecule has 1 aromatic carbocycles. The van der Waals surface area contributed by atoms with Gasteiger partial charge in [0.25, 0.3) is 5.91 Å². The Bertz CT molecular complexity index is 593. The van der Waals surface area contributed by atoms with Crippen molar-refractivity contribution in [1.29, 1.82) is 5.26 Å². The predicted molar refractivity (Wildman–Crippen MR) is 63.6 cm³/mol. The fourth-order valence-electron chi connectivity index (χ4n) is 1.47. The van der Waals surface area contributed by atoms with Gasteiger partial charge in [0.05, 0.1) is 23.9 Å². The first-order valence-electron chi connectivity index (χ1n) is 5.39. The first kappa shape index (κ1) is 11.9. The van der Waals surface area contributed by atoms with Crippen LogP contribution >= 0.6 is 0 Å². The summed E-state index contributed by atoms with van der Waals surface area (Å²) in [6.07, 6.45) is 0. The van der Waals surface area contributed by atoms with Crippen LogP contribution in [0, 0.1) is 18.3 Å². The van der Waals surface area contributed by atoms with E-state index in [1.165, 1.54) is 0 Å². The summed E-state index contributed by atoms with van der Waals surface area (Å²) in [5.74, 6) is 0.392. The van der Waals surface area contributed by atoms with Crippen LogP contribution in [0.3, 0.4) is 0 Å². The van der Waals surface area contributed by atoms with Gasteiger partial charge in [-0.25, -0.2) is 0 Å². The number of hydrogen-bond donors (Lipinski definition) is 1. The molecule has 1 amide bonds. The van der Waals surface area contributed by atoms with Crippen molar-refractivity contribution in [2.45, 2.75) is 13.5 Å². The third-order valence-corrected chi connectivity index (χ3v) is 2.38. The third kappa shape index (κ3) is 2.74. The first-order valence-corrected chi connectivity index (χ1v) is 5.39. The quantitative estimate of drug-likeness (QED) is 0.888. The first-order chi connectivity index (χ1) is 8.69. The molecule has 0 aliphatic rings. The minimum atomic E-state index is -0.214. The van der Waals surface area contributed by atoms with Crippen LogP contribution in [0.1, 0.15) is 27.4 Å². The Morgan fingerprint density at radius 3 is 2.72 bits per heavy atom. The van der Waals surface area contributed by atoms with Crippen LogP contribution in [0.25, 0.3) is 0 Å². The molecule has 0 saturated carbocycles. The van der Waals surface area contributed by atoms with Crippen molar-refractivity contribution in [3.63, 3.8) is 0 Å². The van der Waals surface area contributed by atoms with Crippen molar-refractivity contribution in [2.75, 3.05) is 0 Å². The van der Waals surface area contributed by atoms with E-state index >= 15 is 0 Å². The number of hydrogen-bond acceptors (Lipinski definition) is 4. The molecule has 0 fully saturated rings. The highest BCUT2D eigenvalue weighted by Gasteiger charge is 2.07. The maximum Gasteiger partial charge on any atom is 0.251 e. The van der Waals surface area contributed by atoms with Crippen LogP contribution in [0.5, 0.6) is 0 Å². The maximum absolute atomic E-state index is 11.8. The van der Waals surface area contributed by atoms with Crippen molar-refractivity contribution in [3.8, 4) is 6.07 Å². The van der Waals surface area contributed by atoms with Gasteiger partial charge >= 0.3 is 0 Å². The topological polar surface area (TPSA) is 78.9 Å². The highest BCUT2D eigenvalue weighted by Crippen LogP contribution is 2.05. The van der Waals surface area contributed by atoms with E-state index in [0.29, 0.717) is 23.4 Å². The zero-order valence-corrected chi connectivity index (χ0v) is 9.80. The maximum atomic E-state index is 11.8. The lowest BCUT2D eigenvalue weighted by atomic mass is 10.1. The molecule has 0 bridgehead atoms. The van der Waals surface area contributed by atoms with Crippen LogP contribution < -0.4 is 5.32 Å². The van der Waals surface area contributed by atoms with Crippen LogP contribution in [0.4, 0.5) is 0 Å². The Morgan fingerprint density at radius 1 is 1.44 bits per heavy atom. The SMILES string of the molecule is Cc1cc(CNC(=O)c2ccc(C#N)cc2)on1. The number of carbonyl (C=O) groups is 1. The Kier molecular flexibility index (Phi) is 3.39. The summed E-state index contributed by atoms with van der Waals surface area (Å²) in [6, 6.07) is 10.2. The largest absolute Gasteiger partial charge is 0.359 e. The summed E-state index contributed by atoms with van der Waals surface area (Å²) in [7, 11) is 0. The van der Waals surface area contributed by atoms with Crippen LogP contribution in [0.2, 0.25) is 0 Å². The molecule has 5 heteroatoms. The van der Waals surface area contributed by atoms with E-state index in [0.717, 1.165) is 5.69 Å². The van der Waals surface area contributed by atoms with Gasteiger partial charge in [-0.05, 0) is 31.2 Å². The molecule has 0 aliphatic carbocycles. The Labute approximate surface area is 104 Å². The van der Waals surface area contributed by atoms with Crippen molar-refractivity contribution in [3.05, 3.63) is 52.9 Å². The van der Waals surface area contributed by atoms with Gasteiger partial charge in [0.2, 0.25) is 0 Å². The number of amides is 1. The zero-order chi connectivity index (χ0) is 13.0. The van der Waals surface area contributed by atoms with E-state index in [2.05, 4.69) is 10.5 Å². The summed E-state index contributed by atoms with van der Waals surface area (Å²) in [4.78, 5) is 11.8. The number of carbonyl (C=O) groups excluding carboxylic acids is 1. The number of rotatable bonds is 3. The molecule has 18 heavy (non-hydrogen) atoms.